The maximum Gasteiger partial charge on any atom is 0.207 e. The molecule has 3 heteroatoms. The van der Waals surface area contributed by atoms with E-state index in [9.17, 15) is 4.79 Å². The monoisotopic (exact) mass is 388 g/mol. The van der Waals surface area contributed by atoms with E-state index in [0.29, 0.717) is 12.1 Å². The Labute approximate surface area is 176 Å². The molecule has 1 aromatic heterocycles. The highest BCUT2D eigenvalue weighted by atomic mass is 16.1. The quantitative estimate of drug-likeness (QED) is 0.381. The zero-order valence-electron chi connectivity index (χ0n) is 16.4. The molecule has 0 saturated carbocycles. The van der Waals surface area contributed by atoms with Crippen molar-refractivity contribution in [1.29, 1.82) is 0 Å². The number of hydrogen-bond acceptors (Lipinski definition) is 3. The third-order valence-corrected chi connectivity index (χ3v) is 5.30. The Morgan fingerprint density at radius 1 is 0.700 bits per heavy atom. The van der Waals surface area contributed by atoms with Crippen molar-refractivity contribution >= 4 is 28.9 Å². The van der Waals surface area contributed by atoms with E-state index >= 15 is 0 Å². The van der Waals surface area contributed by atoms with E-state index in [2.05, 4.69) is 58.4 Å². The SMILES string of the molecule is O=C1/C(=C/c2ccc(N(c3ccccc3)c3ccccc3)cc2)Cc2cccnc21. The molecule has 0 spiro atoms. The van der Waals surface area contributed by atoms with Crippen LogP contribution in [0.3, 0.4) is 0 Å². The molecule has 0 N–H and O–H groups in total. The van der Waals surface area contributed by atoms with Crippen LogP contribution < -0.4 is 4.90 Å². The first kappa shape index (κ1) is 18.1. The summed E-state index contributed by atoms with van der Waals surface area (Å²) in [6.45, 7) is 0. The summed E-state index contributed by atoms with van der Waals surface area (Å²) >= 11 is 0. The van der Waals surface area contributed by atoms with E-state index in [1.54, 1.807) is 6.20 Å². The van der Waals surface area contributed by atoms with Gasteiger partial charge in [0, 0.05) is 35.3 Å². The second-order valence-corrected chi connectivity index (χ2v) is 7.28. The smallest absolute Gasteiger partial charge is 0.207 e. The minimum Gasteiger partial charge on any atom is -0.311 e. The summed E-state index contributed by atoms with van der Waals surface area (Å²) in [5.41, 5.74) is 6.65. The maximum atomic E-state index is 12.6. The molecule has 30 heavy (non-hydrogen) atoms. The highest BCUT2D eigenvalue weighted by Crippen LogP contribution is 2.34. The number of nitrogens with zero attached hydrogens (tertiary/aromatic N) is 2. The van der Waals surface area contributed by atoms with Crippen LogP contribution in [0.15, 0.2) is 109 Å². The largest absolute Gasteiger partial charge is 0.311 e. The zero-order chi connectivity index (χ0) is 20.3. The average molecular weight is 388 g/mol. The zero-order valence-corrected chi connectivity index (χ0v) is 16.4. The van der Waals surface area contributed by atoms with Crippen molar-refractivity contribution < 1.29 is 4.79 Å². The van der Waals surface area contributed by atoms with Gasteiger partial charge in [0.25, 0.3) is 0 Å². The van der Waals surface area contributed by atoms with Crippen molar-refractivity contribution in [2.75, 3.05) is 4.90 Å². The number of carbonyl (C=O) groups is 1. The maximum absolute atomic E-state index is 12.6. The molecular formula is C27H20N2O. The van der Waals surface area contributed by atoms with Gasteiger partial charge in [-0.15, -0.1) is 0 Å². The molecule has 1 aliphatic rings. The predicted molar refractivity (Wildman–Crippen MR) is 121 cm³/mol. The summed E-state index contributed by atoms with van der Waals surface area (Å²) in [6.07, 6.45) is 4.29. The molecule has 144 valence electrons. The molecule has 0 atom stereocenters. The molecule has 1 heterocycles. The number of hydrogen-bond donors (Lipinski definition) is 0. The van der Waals surface area contributed by atoms with Gasteiger partial charge in [-0.3, -0.25) is 9.78 Å². The van der Waals surface area contributed by atoms with Gasteiger partial charge in [-0.25, -0.2) is 0 Å². The molecule has 0 aliphatic heterocycles. The first-order valence-corrected chi connectivity index (χ1v) is 9.99. The van der Waals surface area contributed by atoms with Crippen molar-refractivity contribution in [1.82, 2.24) is 4.98 Å². The third kappa shape index (κ3) is 3.42. The van der Waals surface area contributed by atoms with Gasteiger partial charge in [0.15, 0.2) is 0 Å². The van der Waals surface area contributed by atoms with Crippen LogP contribution in [0.25, 0.3) is 6.08 Å². The van der Waals surface area contributed by atoms with Crippen LogP contribution in [0.4, 0.5) is 17.1 Å². The lowest BCUT2D eigenvalue weighted by molar-refractivity contribution is 0.103. The van der Waals surface area contributed by atoms with Gasteiger partial charge >= 0.3 is 0 Å². The number of anilines is 3. The number of ketones is 1. The number of rotatable bonds is 4. The third-order valence-electron chi connectivity index (χ3n) is 5.30. The van der Waals surface area contributed by atoms with Crippen molar-refractivity contribution in [3.05, 3.63) is 126 Å². The second-order valence-electron chi connectivity index (χ2n) is 7.28. The minimum absolute atomic E-state index is 0.0323. The number of Topliss-reactive ketones (excluding diaryl/α,β-unsaturated/α-hetero) is 1. The molecule has 0 amide bonds. The predicted octanol–water partition coefficient (Wildman–Crippen LogP) is 6.37. The summed E-state index contributed by atoms with van der Waals surface area (Å²) in [4.78, 5) is 19.1. The first-order valence-electron chi connectivity index (χ1n) is 9.99. The molecule has 5 rings (SSSR count). The highest BCUT2D eigenvalue weighted by molar-refractivity contribution is 6.14. The molecule has 0 fully saturated rings. The second kappa shape index (κ2) is 7.80. The normalized spacial score (nSPS) is 14.0. The number of pyridine rings is 1. The van der Waals surface area contributed by atoms with Crippen molar-refractivity contribution in [2.24, 2.45) is 0 Å². The Balaban J connectivity index is 1.47. The molecule has 0 unspecified atom stereocenters. The van der Waals surface area contributed by atoms with Crippen LogP contribution in [0.2, 0.25) is 0 Å². The van der Waals surface area contributed by atoms with Gasteiger partial charge in [-0.1, -0.05) is 54.6 Å². The van der Waals surface area contributed by atoms with Crippen LogP contribution >= 0.6 is 0 Å². The first-order chi connectivity index (χ1) is 14.8. The number of fused-ring (bicyclic) bond motifs is 1. The number of benzene rings is 3. The Morgan fingerprint density at radius 3 is 1.90 bits per heavy atom. The average Bonchev–Trinajstić information content (AvgIpc) is 3.12. The number of allylic oxidation sites excluding steroid dienone is 1. The van der Waals surface area contributed by atoms with Gasteiger partial charge in [0.1, 0.15) is 5.69 Å². The van der Waals surface area contributed by atoms with E-state index in [0.717, 1.165) is 33.8 Å². The number of carbonyl (C=O) groups excluding carboxylic acids is 1. The van der Waals surface area contributed by atoms with Gasteiger partial charge in [0.2, 0.25) is 5.78 Å². The molecule has 0 bridgehead atoms. The fourth-order valence-electron chi connectivity index (χ4n) is 3.86. The Kier molecular flexibility index (Phi) is 4.70. The van der Waals surface area contributed by atoms with Gasteiger partial charge in [0.05, 0.1) is 0 Å². The van der Waals surface area contributed by atoms with Gasteiger partial charge < -0.3 is 4.90 Å². The Morgan fingerprint density at radius 2 is 1.30 bits per heavy atom. The number of para-hydroxylation sites is 2. The summed E-state index contributed by atoms with van der Waals surface area (Å²) in [7, 11) is 0. The fraction of sp³-hybridized carbons (Fsp3) is 0.0370. The van der Waals surface area contributed by atoms with Gasteiger partial charge in [-0.05, 0) is 59.7 Å². The van der Waals surface area contributed by atoms with E-state index in [1.807, 2.05) is 54.6 Å². The molecular weight excluding hydrogens is 368 g/mol. The van der Waals surface area contributed by atoms with E-state index < -0.39 is 0 Å². The van der Waals surface area contributed by atoms with Crippen molar-refractivity contribution in [3.63, 3.8) is 0 Å². The fourth-order valence-corrected chi connectivity index (χ4v) is 3.86. The topological polar surface area (TPSA) is 33.2 Å². The highest BCUT2D eigenvalue weighted by Gasteiger charge is 2.25. The van der Waals surface area contributed by atoms with E-state index in [-0.39, 0.29) is 5.78 Å². The summed E-state index contributed by atoms with van der Waals surface area (Å²) < 4.78 is 0. The minimum atomic E-state index is 0.0323. The van der Waals surface area contributed by atoms with E-state index in [4.69, 9.17) is 0 Å². The van der Waals surface area contributed by atoms with Crippen LogP contribution in [0, 0.1) is 0 Å². The van der Waals surface area contributed by atoms with E-state index in [1.165, 1.54) is 0 Å². The Hall–Kier alpha value is -3.98. The van der Waals surface area contributed by atoms with Crippen molar-refractivity contribution in [3.8, 4) is 0 Å². The molecule has 1 aliphatic carbocycles. The molecule has 0 radical (unpaired) electrons. The lowest BCUT2D eigenvalue weighted by Gasteiger charge is -2.25. The lowest BCUT2D eigenvalue weighted by atomic mass is 10.1. The van der Waals surface area contributed by atoms with Crippen LogP contribution in [0.1, 0.15) is 21.6 Å². The van der Waals surface area contributed by atoms with Gasteiger partial charge in [-0.2, -0.15) is 0 Å². The molecule has 4 aromatic rings. The molecule has 3 aromatic carbocycles. The summed E-state index contributed by atoms with van der Waals surface area (Å²) in [5, 5.41) is 0. The van der Waals surface area contributed by atoms with Crippen LogP contribution in [-0.4, -0.2) is 10.8 Å². The van der Waals surface area contributed by atoms with Crippen LogP contribution in [-0.2, 0) is 6.42 Å². The van der Waals surface area contributed by atoms with Crippen molar-refractivity contribution in [2.45, 2.75) is 6.42 Å². The van der Waals surface area contributed by atoms with Crippen LogP contribution in [0.5, 0.6) is 0 Å². The standard InChI is InChI=1S/C27H20N2O/c30-27-22(19-21-8-7-17-28-26(21)27)18-20-13-15-25(16-14-20)29(23-9-3-1-4-10-23)24-11-5-2-6-12-24/h1-18H,19H2/b22-18+. The lowest BCUT2D eigenvalue weighted by Crippen LogP contribution is -2.09. The molecule has 3 nitrogen and oxygen atoms in total. The summed E-state index contributed by atoms with van der Waals surface area (Å²) in [6, 6.07) is 32.8. The Bertz CT molecular complexity index is 1170. The molecule has 0 saturated heterocycles. The number of aromatic nitrogens is 1. The summed E-state index contributed by atoms with van der Waals surface area (Å²) in [5.74, 6) is 0.0323.